The molecule has 3 heterocycles. The molecule has 1 atom stereocenters. The number of nitrogens with one attached hydrogen (secondary N) is 1. The summed E-state index contributed by atoms with van der Waals surface area (Å²) in [5.41, 5.74) is 1.76. The molecule has 0 radical (unpaired) electrons. The molecule has 1 aliphatic heterocycles. The van der Waals surface area contributed by atoms with Crippen LogP contribution in [0.25, 0.3) is 0 Å². The number of thioether (sulfide) groups is 2. The second-order valence-electron chi connectivity index (χ2n) is 5.48. The zero-order chi connectivity index (χ0) is 17.3. The van der Waals surface area contributed by atoms with Gasteiger partial charge in [0.15, 0.2) is 10.3 Å². The van der Waals surface area contributed by atoms with Gasteiger partial charge in [0, 0.05) is 23.6 Å². The Kier molecular flexibility index (Phi) is 5.31. The van der Waals surface area contributed by atoms with Crippen LogP contribution in [0.3, 0.4) is 0 Å². The zero-order valence-electron chi connectivity index (χ0n) is 13.7. The minimum absolute atomic E-state index is 0.00954. The van der Waals surface area contributed by atoms with E-state index in [1.165, 1.54) is 23.1 Å². The molecule has 0 aliphatic carbocycles. The Morgan fingerprint density at radius 3 is 2.96 bits per heavy atom. The first-order valence-corrected chi connectivity index (χ1v) is 10.4. The number of amides is 1. The normalized spacial score (nSPS) is 16.2. The summed E-state index contributed by atoms with van der Waals surface area (Å²) in [4.78, 5) is 34.3. The van der Waals surface area contributed by atoms with E-state index < -0.39 is 0 Å². The number of hydrogen-bond donors (Lipinski definition) is 1. The summed E-state index contributed by atoms with van der Waals surface area (Å²) in [6, 6.07) is 0. The minimum atomic E-state index is -0.144. The van der Waals surface area contributed by atoms with E-state index in [1.54, 1.807) is 16.3 Å². The van der Waals surface area contributed by atoms with Crippen LogP contribution >= 0.6 is 34.9 Å². The van der Waals surface area contributed by atoms with Crippen molar-refractivity contribution in [3.05, 3.63) is 27.1 Å². The first kappa shape index (κ1) is 17.5. The van der Waals surface area contributed by atoms with Gasteiger partial charge in [0.05, 0.1) is 22.0 Å². The van der Waals surface area contributed by atoms with Gasteiger partial charge in [-0.25, -0.2) is 9.97 Å². The van der Waals surface area contributed by atoms with E-state index >= 15 is 0 Å². The Balaban J connectivity index is 1.73. The highest BCUT2D eigenvalue weighted by atomic mass is 32.2. The Morgan fingerprint density at radius 1 is 1.50 bits per heavy atom. The number of carbonyl (C=O) groups is 1. The number of thiazole rings is 1. The van der Waals surface area contributed by atoms with Crippen LogP contribution in [-0.2, 0) is 17.8 Å². The summed E-state index contributed by atoms with van der Waals surface area (Å²) in [5, 5.41) is 6.25. The van der Waals surface area contributed by atoms with Crippen molar-refractivity contribution in [1.29, 1.82) is 0 Å². The molecule has 0 aromatic carbocycles. The minimum Gasteiger partial charge on any atom is -0.301 e. The molecule has 0 fully saturated rings. The molecule has 9 heteroatoms. The molecule has 0 bridgehead atoms. The second-order valence-corrected chi connectivity index (χ2v) is 8.73. The summed E-state index contributed by atoms with van der Waals surface area (Å²) >= 11 is 4.29. The maximum absolute atomic E-state index is 12.6. The van der Waals surface area contributed by atoms with E-state index in [0.29, 0.717) is 22.1 Å². The van der Waals surface area contributed by atoms with Crippen molar-refractivity contribution >= 4 is 45.9 Å². The van der Waals surface area contributed by atoms with Crippen molar-refractivity contribution in [3.63, 3.8) is 0 Å². The number of anilines is 1. The molecular formula is C15H18N4O2S3. The Hall–Kier alpha value is -1.32. The monoisotopic (exact) mass is 382 g/mol. The first-order valence-electron chi connectivity index (χ1n) is 7.63. The van der Waals surface area contributed by atoms with Gasteiger partial charge in [-0.15, -0.1) is 23.1 Å². The fourth-order valence-electron chi connectivity index (χ4n) is 2.42. The predicted molar refractivity (Wildman–Crippen MR) is 99.4 cm³/mol. The van der Waals surface area contributed by atoms with E-state index in [-0.39, 0.29) is 17.2 Å². The Labute approximate surface area is 152 Å². The maximum Gasteiger partial charge on any atom is 0.268 e. The van der Waals surface area contributed by atoms with Gasteiger partial charge >= 0.3 is 0 Å². The van der Waals surface area contributed by atoms with Crippen LogP contribution in [0.15, 0.2) is 20.2 Å². The third-order valence-electron chi connectivity index (χ3n) is 3.48. The summed E-state index contributed by atoms with van der Waals surface area (Å²) in [5.74, 6) is 0.0570. The molecule has 0 saturated carbocycles. The zero-order valence-corrected chi connectivity index (χ0v) is 16.1. The molecule has 6 nitrogen and oxygen atoms in total. The number of fused-ring (bicyclic) bond motifs is 1. The number of carbonyl (C=O) groups excluding carboxylic acids is 1. The van der Waals surface area contributed by atoms with E-state index in [2.05, 4.69) is 22.2 Å². The number of rotatable bonds is 5. The third-order valence-corrected chi connectivity index (χ3v) is 6.54. The van der Waals surface area contributed by atoms with Gasteiger partial charge in [-0.1, -0.05) is 18.7 Å². The first-order chi connectivity index (χ1) is 11.5. The van der Waals surface area contributed by atoms with Gasteiger partial charge in [0.2, 0.25) is 5.91 Å². The molecule has 3 rings (SSSR count). The molecule has 128 valence electrons. The van der Waals surface area contributed by atoms with Gasteiger partial charge in [-0.2, -0.15) is 0 Å². The van der Waals surface area contributed by atoms with Crippen LogP contribution in [0.5, 0.6) is 0 Å². The molecule has 2 aromatic rings. The van der Waals surface area contributed by atoms with Crippen LogP contribution in [0.2, 0.25) is 0 Å². The van der Waals surface area contributed by atoms with Gasteiger partial charge in [0.25, 0.3) is 5.56 Å². The van der Waals surface area contributed by atoms with Gasteiger partial charge in [-0.05, 0) is 13.8 Å². The molecule has 2 aromatic heterocycles. The largest absolute Gasteiger partial charge is 0.301 e. The maximum atomic E-state index is 12.6. The average molecular weight is 383 g/mol. The van der Waals surface area contributed by atoms with Crippen LogP contribution in [-0.4, -0.2) is 31.4 Å². The van der Waals surface area contributed by atoms with Crippen LogP contribution < -0.4 is 10.9 Å². The SMILES string of the molecule is CCn1c(SCC(=O)Nc2nc(C)cs2)nc2c(c1=O)SC(C)C2. The van der Waals surface area contributed by atoms with Crippen molar-refractivity contribution in [2.75, 3.05) is 11.1 Å². The average Bonchev–Trinajstić information content (AvgIpc) is 3.10. The number of nitrogens with zero attached hydrogens (tertiary/aromatic N) is 3. The van der Waals surface area contributed by atoms with E-state index in [4.69, 9.17) is 0 Å². The predicted octanol–water partition coefficient (Wildman–Crippen LogP) is 2.80. The molecule has 24 heavy (non-hydrogen) atoms. The lowest BCUT2D eigenvalue weighted by molar-refractivity contribution is -0.113. The molecular weight excluding hydrogens is 364 g/mol. The fourth-order valence-corrected chi connectivity index (χ4v) is 5.12. The molecule has 0 saturated heterocycles. The van der Waals surface area contributed by atoms with E-state index in [1.807, 2.05) is 19.2 Å². The molecule has 1 unspecified atom stereocenters. The van der Waals surface area contributed by atoms with Crippen molar-refractivity contribution in [3.8, 4) is 0 Å². The molecule has 0 spiro atoms. The van der Waals surface area contributed by atoms with Crippen molar-refractivity contribution in [2.24, 2.45) is 0 Å². The lowest BCUT2D eigenvalue weighted by Gasteiger charge is -2.11. The Morgan fingerprint density at radius 2 is 2.29 bits per heavy atom. The highest BCUT2D eigenvalue weighted by Gasteiger charge is 2.26. The lowest BCUT2D eigenvalue weighted by atomic mass is 10.2. The molecule has 1 aliphatic rings. The summed E-state index contributed by atoms with van der Waals surface area (Å²) in [6.07, 6.45) is 0.804. The topological polar surface area (TPSA) is 76.9 Å². The third kappa shape index (κ3) is 3.68. The van der Waals surface area contributed by atoms with E-state index in [0.717, 1.165) is 22.7 Å². The second kappa shape index (κ2) is 7.28. The number of aryl methyl sites for hydroxylation is 1. The lowest BCUT2D eigenvalue weighted by Crippen LogP contribution is -2.25. The van der Waals surface area contributed by atoms with E-state index in [9.17, 15) is 9.59 Å². The van der Waals surface area contributed by atoms with Crippen LogP contribution in [0, 0.1) is 6.92 Å². The van der Waals surface area contributed by atoms with Crippen molar-refractivity contribution in [2.45, 2.75) is 49.0 Å². The highest BCUT2D eigenvalue weighted by molar-refractivity contribution is 8.00. The smallest absolute Gasteiger partial charge is 0.268 e. The Bertz CT molecular complexity index is 831. The van der Waals surface area contributed by atoms with Gasteiger partial charge in [0.1, 0.15) is 0 Å². The van der Waals surface area contributed by atoms with Gasteiger partial charge < -0.3 is 5.32 Å². The summed E-state index contributed by atoms with van der Waals surface area (Å²) in [7, 11) is 0. The van der Waals surface area contributed by atoms with Crippen molar-refractivity contribution in [1.82, 2.24) is 14.5 Å². The molecule has 1 N–H and O–H groups in total. The standard InChI is InChI=1S/C15H18N4O2S3/c1-4-19-13(21)12-10(5-9(3)24-12)17-15(19)23-7-11(20)18-14-16-8(2)6-22-14/h6,9H,4-5,7H2,1-3H3,(H,16,18,20). The summed E-state index contributed by atoms with van der Waals surface area (Å²) < 4.78 is 1.65. The van der Waals surface area contributed by atoms with Crippen LogP contribution in [0.4, 0.5) is 5.13 Å². The van der Waals surface area contributed by atoms with Crippen molar-refractivity contribution < 1.29 is 4.79 Å². The fraction of sp³-hybridized carbons (Fsp3) is 0.467. The van der Waals surface area contributed by atoms with Gasteiger partial charge in [-0.3, -0.25) is 14.2 Å². The highest BCUT2D eigenvalue weighted by Crippen LogP contribution is 2.34. The molecule has 1 amide bonds. The number of hydrogen-bond acceptors (Lipinski definition) is 7. The van der Waals surface area contributed by atoms with Crippen LogP contribution in [0.1, 0.15) is 25.2 Å². The quantitative estimate of drug-likeness (QED) is 0.633. The summed E-state index contributed by atoms with van der Waals surface area (Å²) in [6.45, 7) is 6.44. The number of aromatic nitrogens is 3.